The normalized spacial score (nSPS) is 26.8. The third-order valence-electron chi connectivity index (χ3n) is 10.6. The topological polar surface area (TPSA) is 92.4 Å². The second kappa shape index (κ2) is 9.58. The largest absolute Gasteiger partial charge is 0.461 e. The van der Waals surface area contributed by atoms with Gasteiger partial charge in [-0.15, -0.1) is 11.3 Å². The van der Waals surface area contributed by atoms with Crippen LogP contribution in [0.3, 0.4) is 0 Å². The highest BCUT2D eigenvalue weighted by Gasteiger charge is 2.54. The number of ether oxygens (including phenoxy) is 1. The molecule has 0 radical (unpaired) electrons. The summed E-state index contributed by atoms with van der Waals surface area (Å²) in [6.07, 6.45) is 2.11. The third-order valence-corrected chi connectivity index (χ3v) is 11.6. The van der Waals surface area contributed by atoms with Gasteiger partial charge in [-0.1, -0.05) is 6.58 Å². The molecule has 1 aromatic carbocycles. The monoisotopic (exact) mass is 653 g/mol. The molecule has 1 spiro atoms. The van der Waals surface area contributed by atoms with Crippen LogP contribution in [0, 0.1) is 17.5 Å². The van der Waals surface area contributed by atoms with E-state index in [9.17, 15) is 13.2 Å². The number of rotatable bonds is 4. The van der Waals surface area contributed by atoms with Crippen molar-refractivity contribution in [3.8, 4) is 17.3 Å². The van der Waals surface area contributed by atoms with Crippen molar-refractivity contribution < 1.29 is 26.7 Å². The summed E-state index contributed by atoms with van der Waals surface area (Å²) in [6, 6.07) is 1.50. The number of anilines is 2. The number of hydrogen-bond acceptors (Lipinski definition) is 9. The molecule has 0 unspecified atom stereocenters. The van der Waals surface area contributed by atoms with E-state index >= 15 is 8.78 Å². The highest BCUT2D eigenvalue weighted by molar-refractivity contribution is 7.22. The van der Waals surface area contributed by atoms with Gasteiger partial charge >= 0.3 is 6.01 Å². The smallest absolute Gasteiger partial charge is 0.319 e. The van der Waals surface area contributed by atoms with Crippen molar-refractivity contribution in [3.05, 3.63) is 53.5 Å². The summed E-state index contributed by atoms with van der Waals surface area (Å²) in [6.45, 7) is 6.33. The minimum absolute atomic E-state index is 0.0353. The molecule has 3 aromatic heterocycles. The molecule has 3 atom stereocenters. The predicted octanol–water partition coefficient (Wildman–Crippen LogP) is 6.01. The molecule has 4 fully saturated rings. The van der Waals surface area contributed by atoms with Crippen LogP contribution in [0.1, 0.15) is 37.7 Å². The van der Waals surface area contributed by atoms with Crippen molar-refractivity contribution in [2.75, 3.05) is 43.4 Å². The molecule has 2 bridgehead atoms. The maximum Gasteiger partial charge on any atom is 0.319 e. The molecule has 5 aliphatic heterocycles. The second-order valence-corrected chi connectivity index (χ2v) is 14.3. The van der Waals surface area contributed by atoms with Gasteiger partial charge in [0.1, 0.15) is 23.8 Å². The van der Waals surface area contributed by atoms with Crippen LogP contribution < -0.4 is 20.7 Å². The van der Waals surface area contributed by atoms with Gasteiger partial charge in [0, 0.05) is 42.2 Å². The van der Waals surface area contributed by atoms with Crippen LogP contribution in [0.25, 0.3) is 37.8 Å². The van der Waals surface area contributed by atoms with Gasteiger partial charge < -0.3 is 20.7 Å². The number of thiophene rings is 1. The molecular formula is C32H28F5N7OS. The van der Waals surface area contributed by atoms with Gasteiger partial charge in [0.2, 0.25) is 0 Å². The molecule has 0 saturated carbocycles. The lowest BCUT2D eigenvalue weighted by molar-refractivity contribution is 0.108. The van der Waals surface area contributed by atoms with Gasteiger partial charge in [0.15, 0.2) is 11.6 Å². The molecule has 8 nitrogen and oxygen atoms in total. The summed E-state index contributed by atoms with van der Waals surface area (Å²) in [5, 5.41) is 4.15. The summed E-state index contributed by atoms with van der Waals surface area (Å²) in [5.74, 6) is -2.17. The first-order valence-corrected chi connectivity index (χ1v) is 16.1. The number of benzene rings is 1. The Kier molecular flexibility index (Phi) is 5.90. The molecule has 14 heteroatoms. The number of nitrogens with one attached hydrogen (secondary N) is 1. The van der Waals surface area contributed by atoms with Crippen LogP contribution in [0.15, 0.2) is 30.5 Å². The van der Waals surface area contributed by atoms with Crippen molar-refractivity contribution in [2.24, 2.45) is 0 Å². The van der Waals surface area contributed by atoms with Crippen LogP contribution in [-0.2, 0) is 0 Å². The van der Waals surface area contributed by atoms with Crippen molar-refractivity contribution in [1.29, 1.82) is 0 Å². The molecule has 8 heterocycles. The number of halogens is 5. The van der Waals surface area contributed by atoms with Crippen LogP contribution >= 0.6 is 11.3 Å². The van der Waals surface area contributed by atoms with Crippen molar-refractivity contribution >= 4 is 48.7 Å². The van der Waals surface area contributed by atoms with Crippen LogP contribution in [0.5, 0.6) is 6.01 Å². The average Bonchev–Trinajstić information content (AvgIpc) is 3.82. The van der Waals surface area contributed by atoms with Crippen molar-refractivity contribution in [3.63, 3.8) is 0 Å². The number of hydrogen-bond donors (Lipinski definition) is 2. The molecule has 5 aliphatic rings. The molecule has 4 aromatic rings. The van der Waals surface area contributed by atoms with E-state index < -0.39 is 40.2 Å². The van der Waals surface area contributed by atoms with E-state index in [1.165, 1.54) is 6.07 Å². The highest BCUT2D eigenvalue weighted by Crippen LogP contribution is 2.52. The van der Waals surface area contributed by atoms with Gasteiger partial charge in [-0.05, 0) is 50.3 Å². The molecule has 46 heavy (non-hydrogen) atoms. The first-order valence-electron chi connectivity index (χ1n) is 15.2. The van der Waals surface area contributed by atoms with E-state index in [0.29, 0.717) is 43.9 Å². The minimum Gasteiger partial charge on any atom is -0.461 e. The maximum atomic E-state index is 16.9. The summed E-state index contributed by atoms with van der Waals surface area (Å²) in [7, 11) is 0. The lowest BCUT2D eigenvalue weighted by Crippen LogP contribution is -2.53. The fraction of sp³-hybridized carbons (Fsp3) is 0.406. The number of piperazine rings is 1. The average molecular weight is 654 g/mol. The Labute approximate surface area is 263 Å². The number of pyridine rings is 1. The maximum absolute atomic E-state index is 16.9. The van der Waals surface area contributed by atoms with Crippen LogP contribution in [0.4, 0.5) is 32.8 Å². The summed E-state index contributed by atoms with van der Waals surface area (Å²) in [4.78, 5) is 17.6. The SMILES string of the molecule is C=C1C[C@@]23CN[C@@H](CN2c2nc(OC[C@@]45CCCN4CC(=C(F)F)C5)nc4c(F)c(-c5ncc(F)c6sc(N)cc56)c(F)c1c24)C3. The molecule has 0 amide bonds. The minimum atomic E-state index is -1.67. The summed E-state index contributed by atoms with van der Waals surface area (Å²) < 4.78 is 82.1. The highest BCUT2D eigenvalue weighted by atomic mass is 32.1. The first kappa shape index (κ1) is 28.4. The molecule has 4 saturated heterocycles. The lowest BCUT2D eigenvalue weighted by atomic mass is 9.87. The van der Waals surface area contributed by atoms with Crippen LogP contribution in [-0.4, -0.2) is 69.8 Å². The van der Waals surface area contributed by atoms with E-state index in [4.69, 9.17) is 15.5 Å². The number of nitrogens with two attached hydrogens (primary N) is 1. The lowest BCUT2D eigenvalue weighted by Gasteiger charge is -2.39. The fourth-order valence-electron chi connectivity index (χ4n) is 8.66. The van der Waals surface area contributed by atoms with Gasteiger partial charge in [0.05, 0.1) is 43.6 Å². The van der Waals surface area contributed by atoms with E-state index in [1.54, 1.807) is 0 Å². The van der Waals surface area contributed by atoms with Crippen molar-refractivity contribution in [2.45, 2.75) is 49.2 Å². The number of aromatic nitrogens is 3. The molecule has 9 rings (SSSR count). The van der Waals surface area contributed by atoms with Gasteiger partial charge in [-0.2, -0.15) is 18.7 Å². The zero-order valence-corrected chi connectivity index (χ0v) is 25.3. The molecule has 238 valence electrons. The van der Waals surface area contributed by atoms with Gasteiger partial charge in [-0.3, -0.25) is 9.88 Å². The van der Waals surface area contributed by atoms with Crippen LogP contribution in [0.2, 0.25) is 0 Å². The number of nitrogens with zero attached hydrogens (tertiary/aromatic N) is 5. The Balaban J connectivity index is 1.25. The fourth-order valence-corrected chi connectivity index (χ4v) is 9.49. The third kappa shape index (κ3) is 3.80. The number of nitrogen functional groups attached to an aromatic ring is 1. The quantitative estimate of drug-likeness (QED) is 0.259. The van der Waals surface area contributed by atoms with E-state index in [0.717, 1.165) is 30.4 Å². The predicted molar refractivity (Wildman–Crippen MR) is 165 cm³/mol. The summed E-state index contributed by atoms with van der Waals surface area (Å²) in [5.41, 5.74) is 4.79. The van der Waals surface area contributed by atoms with E-state index in [2.05, 4.69) is 26.8 Å². The van der Waals surface area contributed by atoms with Gasteiger partial charge in [-0.25, -0.2) is 13.2 Å². The van der Waals surface area contributed by atoms with E-state index in [-0.39, 0.29) is 74.4 Å². The molecular weight excluding hydrogens is 625 g/mol. The Morgan fingerprint density at radius 1 is 1.17 bits per heavy atom. The van der Waals surface area contributed by atoms with Gasteiger partial charge in [0.25, 0.3) is 6.08 Å². The van der Waals surface area contributed by atoms with Crippen molar-refractivity contribution in [1.82, 2.24) is 25.2 Å². The zero-order valence-electron chi connectivity index (χ0n) is 24.5. The zero-order chi connectivity index (χ0) is 31.7. The Hall–Kier alpha value is -3.88. The number of fused-ring (bicyclic) bond motifs is 4. The Morgan fingerprint density at radius 2 is 2.02 bits per heavy atom. The first-order chi connectivity index (χ1) is 22.1. The molecule has 3 N–H and O–H groups in total. The Morgan fingerprint density at radius 3 is 2.83 bits per heavy atom. The van der Waals surface area contributed by atoms with E-state index in [1.807, 2.05) is 4.90 Å². The summed E-state index contributed by atoms with van der Waals surface area (Å²) >= 11 is 0.965. The molecule has 0 aliphatic carbocycles. The Bertz CT molecular complexity index is 2060. The second-order valence-electron chi connectivity index (χ2n) is 13.3. The standard InChI is InChI=1S/C32H28F5N7OS/c1-14-6-32-8-16(40-12-32)11-44(32)29-21-20(14)23(34)22(25-17-5-19(38)46-27(17)18(33)9-39-25)24(35)26(21)41-30(42-29)45-13-31-3-2-4-43(31)10-15(7-31)28(36)37/h5,9,16,40H,1-4,6-8,10-13,38H2/t16-,31+,32-/m1/s1.